The molecule has 19 heavy (non-hydrogen) atoms. The van der Waals surface area contributed by atoms with Crippen molar-refractivity contribution >= 4 is 11.9 Å². The monoisotopic (exact) mass is 261 g/mol. The number of hydrogen-bond donors (Lipinski definition) is 2. The molecular weight excluding hydrogens is 242 g/mol. The quantitative estimate of drug-likeness (QED) is 0.819. The second kappa shape index (κ2) is 6.18. The van der Waals surface area contributed by atoms with Gasteiger partial charge in [-0.25, -0.2) is 4.79 Å². The van der Waals surface area contributed by atoms with Crippen molar-refractivity contribution in [1.29, 1.82) is 0 Å². The molecule has 4 heteroatoms. The van der Waals surface area contributed by atoms with E-state index in [4.69, 9.17) is 5.11 Å². The van der Waals surface area contributed by atoms with Crippen LogP contribution in [-0.2, 0) is 4.79 Å². The van der Waals surface area contributed by atoms with Gasteiger partial charge in [0.15, 0.2) is 0 Å². The summed E-state index contributed by atoms with van der Waals surface area (Å²) in [6, 6.07) is 7.30. The van der Waals surface area contributed by atoms with Crippen molar-refractivity contribution in [2.75, 3.05) is 0 Å². The number of carboxylic acid groups (broad SMARTS) is 1. The van der Waals surface area contributed by atoms with Gasteiger partial charge in [0.05, 0.1) is 5.57 Å². The maximum absolute atomic E-state index is 11.9. The highest BCUT2D eigenvalue weighted by Crippen LogP contribution is 2.15. The fourth-order valence-corrected chi connectivity index (χ4v) is 1.52. The molecule has 4 nitrogen and oxygen atoms in total. The van der Waals surface area contributed by atoms with Gasteiger partial charge in [-0.3, -0.25) is 4.79 Å². The third-order valence-corrected chi connectivity index (χ3v) is 3.02. The Kier molecular flexibility index (Phi) is 4.87. The average molecular weight is 261 g/mol. The molecule has 0 aliphatic heterocycles. The lowest BCUT2D eigenvalue weighted by atomic mass is 10.0. The van der Waals surface area contributed by atoms with Gasteiger partial charge in [-0.2, -0.15) is 0 Å². The van der Waals surface area contributed by atoms with Gasteiger partial charge in [-0.15, -0.1) is 0 Å². The van der Waals surface area contributed by atoms with Crippen molar-refractivity contribution in [2.45, 2.75) is 33.6 Å². The molecule has 0 saturated carbocycles. The second-order valence-corrected chi connectivity index (χ2v) is 4.79. The van der Waals surface area contributed by atoms with Crippen LogP contribution < -0.4 is 5.32 Å². The number of amides is 1. The highest BCUT2D eigenvalue weighted by Gasteiger charge is 2.10. The van der Waals surface area contributed by atoms with Crippen molar-refractivity contribution in [1.82, 2.24) is 5.32 Å². The lowest BCUT2D eigenvalue weighted by molar-refractivity contribution is -0.132. The maximum atomic E-state index is 11.9. The molecule has 0 radical (unpaired) electrons. The summed E-state index contributed by atoms with van der Waals surface area (Å²) < 4.78 is 0. The summed E-state index contributed by atoms with van der Waals surface area (Å²) in [4.78, 5) is 22.7. The van der Waals surface area contributed by atoms with Crippen LogP contribution in [0.15, 0.2) is 35.5 Å². The number of allylic oxidation sites excluding steroid dienone is 1. The Balaban J connectivity index is 2.85. The molecule has 0 atom stereocenters. The summed E-state index contributed by atoms with van der Waals surface area (Å²) in [6.07, 6.45) is 0. The van der Waals surface area contributed by atoms with Crippen LogP contribution in [0.5, 0.6) is 0 Å². The smallest absolute Gasteiger partial charge is 0.333 e. The van der Waals surface area contributed by atoms with Crippen LogP contribution in [0.25, 0.3) is 0 Å². The zero-order valence-electron chi connectivity index (χ0n) is 11.7. The number of aliphatic carboxylic acids is 1. The first kappa shape index (κ1) is 15.0. The molecule has 0 aromatic heterocycles. The van der Waals surface area contributed by atoms with E-state index in [9.17, 15) is 9.59 Å². The molecule has 1 aromatic rings. The summed E-state index contributed by atoms with van der Waals surface area (Å²) >= 11 is 0. The summed E-state index contributed by atoms with van der Waals surface area (Å²) in [5, 5.41) is 11.4. The Labute approximate surface area is 113 Å². The minimum Gasteiger partial charge on any atom is -0.478 e. The van der Waals surface area contributed by atoms with Crippen molar-refractivity contribution in [3.63, 3.8) is 0 Å². The SMILES string of the molecule is C/C(NC(=O)c1ccc(C(C)C)cc1)=C(\C)C(=O)O. The molecule has 1 rings (SSSR count). The van der Waals surface area contributed by atoms with E-state index in [1.54, 1.807) is 19.1 Å². The van der Waals surface area contributed by atoms with Crippen molar-refractivity contribution in [3.8, 4) is 0 Å². The average Bonchev–Trinajstić information content (AvgIpc) is 2.37. The first-order chi connectivity index (χ1) is 8.82. The van der Waals surface area contributed by atoms with E-state index in [1.807, 2.05) is 12.1 Å². The molecule has 1 amide bonds. The molecule has 2 N–H and O–H groups in total. The van der Waals surface area contributed by atoms with Crippen molar-refractivity contribution in [2.24, 2.45) is 0 Å². The van der Waals surface area contributed by atoms with Crippen LogP contribution in [0.4, 0.5) is 0 Å². The third-order valence-electron chi connectivity index (χ3n) is 3.02. The number of hydrogen-bond acceptors (Lipinski definition) is 2. The van der Waals surface area contributed by atoms with Crippen molar-refractivity contribution < 1.29 is 14.7 Å². The summed E-state index contributed by atoms with van der Waals surface area (Å²) in [5.41, 5.74) is 2.16. The van der Waals surface area contributed by atoms with E-state index in [-0.39, 0.29) is 11.5 Å². The number of carbonyl (C=O) groups is 2. The Bertz CT molecular complexity index is 513. The van der Waals surface area contributed by atoms with Gasteiger partial charge in [0.1, 0.15) is 0 Å². The molecule has 0 fully saturated rings. The molecular formula is C15H19NO3. The fourth-order valence-electron chi connectivity index (χ4n) is 1.52. The highest BCUT2D eigenvalue weighted by molar-refractivity contribution is 5.96. The van der Waals surface area contributed by atoms with Gasteiger partial charge in [0.25, 0.3) is 5.91 Å². The van der Waals surface area contributed by atoms with Crippen molar-refractivity contribution in [3.05, 3.63) is 46.7 Å². The number of benzene rings is 1. The van der Waals surface area contributed by atoms with E-state index in [0.717, 1.165) is 5.56 Å². The highest BCUT2D eigenvalue weighted by atomic mass is 16.4. The van der Waals surface area contributed by atoms with Crippen LogP contribution in [0.3, 0.4) is 0 Å². The summed E-state index contributed by atoms with van der Waals surface area (Å²) in [7, 11) is 0. The molecule has 102 valence electrons. The van der Waals surface area contributed by atoms with E-state index in [2.05, 4.69) is 19.2 Å². The standard InChI is InChI=1S/C15H19NO3/c1-9(2)12-5-7-13(8-6-12)14(17)16-11(4)10(3)15(18)19/h5-9H,1-4H3,(H,16,17)(H,18,19)/b11-10-. The zero-order chi connectivity index (χ0) is 14.6. The molecule has 0 saturated heterocycles. The number of carboxylic acids is 1. The first-order valence-electron chi connectivity index (χ1n) is 6.15. The Morgan fingerprint density at radius 1 is 1.11 bits per heavy atom. The zero-order valence-corrected chi connectivity index (χ0v) is 11.7. The molecule has 0 aliphatic rings. The molecule has 0 bridgehead atoms. The predicted molar refractivity (Wildman–Crippen MR) is 74.0 cm³/mol. The first-order valence-corrected chi connectivity index (χ1v) is 6.15. The number of nitrogens with one attached hydrogen (secondary N) is 1. The maximum Gasteiger partial charge on any atom is 0.333 e. The summed E-state index contributed by atoms with van der Waals surface area (Å²) in [5.74, 6) is -0.922. The topological polar surface area (TPSA) is 66.4 Å². The minimum atomic E-state index is -1.03. The lowest BCUT2D eigenvalue weighted by Gasteiger charge is -2.09. The third kappa shape index (κ3) is 3.95. The molecule has 0 unspecified atom stereocenters. The van der Waals surface area contributed by atoms with Crippen LogP contribution in [-0.4, -0.2) is 17.0 Å². The predicted octanol–water partition coefficient (Wildman–Crippen LogP) is 2.92. The Hall–Kier alpha value is -2.10. The van der Waals surface area contributed by atoms with E-state index in [0.29, 0.717) is 17.2 Å². The van der Waals surface area contributed by atoms with Gasteiger partial charge in [0.2, 0.25) is 0 Å². The molecule has 1 aromatic carbocycles. The van der Waals surface area contributed by atoms with Gasteiger partial charge in [-0.05, 0) is 37.5 Å². The largest absolute Gasteiger partial charge is 0.478 e. The Morgan fingerprint density at radius 3 is 2.05 bits per heavy atom. The van der Waals surface area contributed by atoms with E-state index >= 15 is 0 Å². The van der Waals surface area contributed by atoms with Crippen LogP contribution in [0.2, 0.25) is 0 Å². The van der Waals surface area contributed by atoms with E-state index in [1.165, 1.54) is 6.92 Å². The Morgan fingerprint density at radius 2 is 1.63 bits per heavy atom. The minimum absolute atomic E-state index is 0.132. The number of carbonyl (C=O) groups excluding carboxylic acids is 1. The molecule has 0 spiro atoms. The van der Waals surface area contributed by atoms with E-state index < -0.39 is 5.97 Å². The van der Waals surface area contributed by atoms with Crippen LogP contribution in [0, 0.1) is 0 Å². The van der Waals surface area contributed by atoms with Gasteiger partial charge < -0.3 is 10.4 Å². The molecule has 0 heterocycles. The lowest BCUT2D eigenvalue weighted by Crippen LogP contribution is -2.23. The van der Waals surface area contributed by atoms with Gasteiger partial charge >= 0.3 is 5.97 Å². The fraction of sp³-hybridized carbons (Fsp3) is 0.333. The normalized spacial score (nSPS) is 12.1. The summed E-state index contributed by atoms with van der Waals surface area (Å²) in [6.45, 7) is 7.19. The van der Waals surface area contributed by atoms with Gasteiger partial charge in [-0.1, -0.05) is 26.0 Å². The number of rotatable bonds is 4. The molecule has 0 aliphatic carbocycles. The second-order valence-electron chi connectivity index (χ2n) is 4.79. The van der Waals surface area contributed by atoms with Gasteiger partial charge in [0, 0.05) is 11.3 Å². The van der Waals surface area contributed by atoms with Crippen LogP contribution in [0.1, 0.15) is 49.5 Å². The van der Waals surface area contributed by atoms with Crippen LogP contribution >= 0.6 is 0 Å².